The largest absolute Gasteiger partial charge is 0.377 e. The van der Waals surface area contributed by atoms with Crippen LogP contribution in [0.4, 0.5) is 0 Å². The first-order valence-electron chi connectivity index (χ1n) is 6.92. The van der Waals surface area contributed by atoms with Gasteiger partial charge >= 0.3 is 0 Å². The van der Waals surface area contributed by atoms with Gasteiger partial charge in [0.2, 0.25) is 0 Å². The lowest BCUT2D eigenvalue weighted by atomic mass is 10.0. The van der Waals surface area contributed by atoms with Gasteiger partial charge in [0, 0.05) is 30.6 Å². The highest BCUT2D eigenvalue weighted by Gasteiger charge is 2.19. The van der Waals surface area contributed by atoms with Crippen molar-refractivity contribution in [3.8, 4) is 0 Å². The van der Waals surface area contributed by atoms with Gasteiger partial charge in [0.1, 0.15) is 6.61 Å². The summed E-state index contributed by atoms with van der Waals surface area (Å²) in [5.41, 5.74) is 2.50. The Morgan fingerprint density at radius 1 is 1.44 bits per heavy atom. The summed E-state index contributed by atoms with van der Waals surface area (Å²) >= 11 is 0. The predicted octanol–water partition coefficient (Wildman–Crippen LogP) is 2.39. The van der Waals surface area contributed by atoms with Gasteiger partial charge in [0.15, 0.2) is 5.82 Å². The summed E-state index contributed by atoms with van der Waals surface area (Å²) in [7, 11) is 1.68. The molecule has 4 heteroatoms. The van der Waals surface area contributed by atoms with Crippen LogP contribution in [0.1, 0.15) is 55.7 Å². The number of rotatable bonds is 5. The zero-order chi connectivity index (χ0) is 12.8. The number of fused-ring (bicyclic) bond motifs is 1. The molecule has 100 valence electrons. The van der Waals surface area contributed by atoms with Crippen molar-refractivity contribution >= 4 is 0 Å². The van der Waals surface area contributed by atoms with Crippen molar-refractivity contribution in [1.82, 2.24) is 15.3 Å². The molecular formula is C14H23N3O. The maximum atomic E-state index is 5.10. The minimum absolute atomic E-state index is 0.430. The molecule has 0 bridgehead atoms. The quantitative estimate of drug-likeness (QED) is 0.814. The van der Waals surface area contributed by atoms with Crippen LogP contribution >= 0.6 is 0 Å². The summed E-state index contributed by atoms with van der Waals surface area (Å²) in [4.78, 5) is 9.05. The summed E-state index contributed by atoms with van der Waals surface area (Å²) in [5.74, 6) is 0.799. The number of ether oxygens (including phenoxy) is 1. The van der Waals surface area contributed by atoms with Crippen LogP contribution in [-0.2, 0) is 17.8 Å². The second-order valence-electron chi connectivity index (χ2n) is 4.87. The van der Waals surface area contributed by atoms with Crippen molar-refractivity contribution in [2.45, 2.75) is 51.7 Å². The second-order valence-corrected chi connectivity index (χ2v) is 4.87. The first-order chi connectivity index (χ1) is 8.85. The van der Waals surface area contributed by atoms with Crippen molar-refractivity contribution in [2.24, 2.45) is 0 Å². The van der Waals surface area contributed by atoms with Gasteiger partial charge in [-0.05, 0) is 32.2 Å². The Morgan fingerprint density at radius 3 is 3.11 bits per heavy atom. The van der Waals surface area contributed by atoms with E-state index in [1.54, 1.807) is 7.11 Å². The Hall–Kier alpha value is -1.00. The van der Waals surface area contributed by atoms with Crippen LogP contribution in [0.15, 0.2) is 6.20 Å². The van der Waals surface area contributed by atoms with Gasteiger partial charge in [-0.15, -0.1) is 0 Å². The second kappa shape index (κ2) is 6.81. The van der Waals surface area contributed by atoms with Gasteiger partial charge in [0.25, 0.3) is 0 Å². The van der Waals surface area contributed by atoms with Crippen LogP contribution in [0.3, 0.4) is 0 Å². The summed E-state index contributed by atoms with van der Waals surface area (Å²) in [6.07, 6.45) is 7.90. The number of nitrogens with one attached hydrogen (secondary N) is 1. The molecule has 4 nitrogen and oxygen atoms in total. The molecule has 2 rings (SSSR count). The monoisotopic (exact) mass is 249 g/mol. The molecule has 0 aromatic carbocycles. The molecule has 1 atom stereocenters. The van der Waals surface area contributed by atoms with Gasteiger partial charge in [-0.25, -0.2) is 9.97 Å². The smallest absolute Gasteiger partial charge is 0.154 e. The van der Waals surface area contributed by atoms with E-state index >= 15 is 0 Å². The highest BCUT2D eigenvalue weighted by molar-refractivity contribution is 5.23. The first kappa shape index (κ1) is 13.4. The molecule has 1 aliphatic rings. The molecular weight excluding hydrogens is 226 g/mol. The Kier molecular flexibility index (Phi) is 5.08. The van der Waals surface area contributed by atoms with Crippen LogP contribution in [0.5, 0.6) is 0 Å². The zero-order valence-corrected chi connectivity index (χ0v) is 11.4. The molecule has 0 saturated heterocycles. The summed E-state index contributed by atoms with van der Waals surface area (Å²) < 4.78 is 5.10. The van der Waals surface area contributed by atoms with E-state index in [-0.39, 0.29) is 0 Å². The third-order valence-electron chi connectivity index (χ3n) is 3.40. The SMILES string of the molecule is CCCNC1CCCCc2nc(COC)ncc21. The number of hydrogen-bond donors (Lipinski definition) is 1. The lowest BCUT2D eigenvalue weighted by molar-refractivity contribution is 0.177. The van der Waals surface area contributed by atoms with Crippen molar-refractivity contribution in [3.05, 3.63) is 23.3 Å². The number of hydrogen-bond acceptors (Lipinski definition) is 4. The fourth-order valence-corrected chi connectivity index (χ4v) is 2.48. The molecule has 1 N–H and O–H groups in total. The topological polar surface area (TPSA) is 47.0 Å². The number of aryl methyl sites for hydroxylation is 1. The molecule has 0 saturated carbocycles. The van der Waals surface area contributed by atoms with Crippen molar-refractivity contribution < 1.29 is 4.74 Å². The average molecular weight is 249 g/mol. The van der Waals surface area contributed by atoms with E-state index < -0.39 is 0 Å². The first-order valence-corrected chi connectivity index (χ1v) is 6.92. The number of methoxy groups -OCH3 is 1. The highest BCUT2D eigenvalue weighted by Crippen LogP contribution is 2.27. The van der Waals surface area contributed by atoms with E-state index in [9.17, 15) is 0 Å². The fourth-order valence-electron chi connectivity index (χ4n) is 2.48. The van der Waals surface area contributed by atoms with E-state index in [0.717, 1.165) is 25.2 Å². The molecule has 0 radical (unpaired) electrons. The molecule has 0 spiro atoms. The maximum absolute atomic E-state index is 5.10. The third-order valence-corrected chi connectivity index (χ3v) is 3.40. The normalized spacial score (nSPS) is 19.3. The highest BCUT2D eigenvalue weighted by atomic mass is 16.5. The van der Waals surface area contributed by atoms with E-state index in [1.807, 2.05) is 6.20 Å². The minimum atomic E-state index is 0.430. The van der Waals surface area contributed by atoms with E-state index in [2.05, 4.69) is 22.2 Å². The van der Waals surface area contributed by atoms with Crippen molar-refractivity contribution in [3.63, 3.8) is 0 Å². The summed E-state index contributed by atoms with van der Waals surface area (Å²) in [6, 6.07) is 0.430. The van der Waals surface area contributed by atoms with Crippen molar-refractivity contribution in [1.29, 1.82) is 0 Å². The predicted molar refractivity (Wildman–Crippen MR) is 71.3 cm³/mol. The van der Waals surface area contributed by atoms with Gasteiger partial charge in [-0.1, -0.05) is 13.3 Å². The van der Waals surface area contributed by atoms with Crippen LogP contribution in [0, 0.1) is 0 Å². The standard InChI is InChI=1S/C14H23N3O/c1-3-8-15-12-6-4-5-7-13-11(12)9-16-14(17-13)10-18-2/h9,12,15H,3-8,10H2,1-2H3. The van der Waals surface area contributed by atoms with E-state index in [1.165, 1.54) is 30.5 Å². The van der Waals surface area contributed by atoms with Gasteiger partial charge in [-0.2, -0.15) is 0 Å². The van der Waals surface area contributed by atoms with Crippen LogP contribution in [0.25, 0.3) is 0 Å². The lowest BCUT2D eigenvalue weighted by Crippen LogP contribution is -2.23. The fraction of sp³-hybridized carbons (Fsp3) is 0.714. The van der Waals surface area contributed by atoms with Crippen LogP contribution in [-0.4, -0.2) is 23.6 Å². The van der Waals surface area contributed by atoms with E-state index in [4.69, 9.17) is 4.74 Å². The summed E-state index contributed by atoms with van der Waals surface area (Å²) in [6.45, 7) is 3.76. The summed E-state index contributed by atoms with van der Waals surface area (Å²) in [5, 5.41) is 3.61. The Labute approximate surface area is 109 Å². The lowest BCUT2D eigenvalue weighted by Gasteiger charge is -2.18. The average Bonchev–Trinajstić information content (AvgIpc) is 2.58. The number of aromatic nitrogens is 2. The molecule has 1 aliphatic carbocycles. The van der Waals surface area contributed by atoms with Gasteiger partial charge in [0.05, 0.1) is 0 Å². The Balaban J connectivity index is 2.19. The number of nitrogens with zero attached hydrogens (tertiary/aromatic N) is 2. The molecule has 1 heterocycles. The van der Waals surface area contributed by atoms with Crippen molar-refractivity contribution in [2.75, 3.05) is 13.7 Å². The molecule has 1 aromatic rings. The van der Waals surface area contributed by atoms with Crippen LogP contribution in [0.2, 0.25) is 0 Å². The Bertz CT molecular complexity index is 381. The maximum Gasteiger partial charge on any atom is 0.154 e. The van der Waals surface area contributed by atoms with E-state index in [0.29, 0.717) is 12.6 Å². The third kappa shape index (κ3) is 3.27. The molecule has 0 amide bonds. The van der Waals surface area contributed by atoms with Gasteiger partial charge < -0.3 is 10.1 Å². The molecule has 0 aliphatic heterocycles. The molecule has 18 heavy (non-hydrogen) atoms. The van der Waals surface area contributed by atoms with Gasteiger partial charge in [-0.3, -0.25) is 0 Å². The van der Waals surface area contributed by atoms with Crippen LogP contribution < -0.4 is 5.32 Å². The zero-order valence-electron chi connectivity index (χ0n) is 11.4. The Morgan fingerprint density at radius 2 is 2.33 bits per heavy atom. The minimum Gasteiger partial charge on any atom is -0.377 e. The molecule has 1 unspecified atom stereocenters. The molecule has 0 fully saturated rings. The molecule has 1 aromatic heterocycles.